The van der Waals surface area contributed by atoms with Crippen LogP contribution in [0.15, 0.2) is 0 Å². The fourth-order valence-corrected chi connectivity index (χ4v) is 15.0. The largest absolute Gasteiger partial charge is 0.382 e. The Morgan fingerprint density at radius 3 is 0.396 bits per heavy atom. The molecule has 35 atom stereocenters. The van der Waals surface area contributed by atoms with Gasteiger partial charge in [-0.2, -0.15) is 0 Å². The molecule has 7 fully saturated rings. The van der Waals surface area contributed by atoms with Crippen molar-refractivity contribution < 1.29 is 171 Å². The van der Waals surface area contributed by atoms with E-state index in [0.29, 0.717) is 0 Å². The van der Waals surface area contributed by atoms with Crippen molar-refractivity contribution >= 4 is 0 Å². The van der Waals surface area contributed by atoms with Gasteiger partial charge in [0.2, 0.25) is 0 Å². The van der Waals surface area contributed by atoms with Crippen LogP contribution in [-0.2, 0) is 171 Å². The van der Waals surface area contributed by atoms with Gasteiger partial charge in [0.25, 0.3) is 0 Å². The number of hydrogen-bond acceptors (Lipinski definition) is 36. The fraction of sp³-hybridized carbons (Fsp3) is 1.00. The summed E-state index contributed by atoms with van der Waals surface area (Å²) >= 11 is 0. The van der Waals surface area contributed by atoms with Gasteiger partial charge in [0.1, 0.15) is 171 Å². The van der Waals surface area contributed by atoms with E-state index in [2.05, 4.69) is 0 Å². The minimum atomic E-state index is -1.14. The highest BCUT2D eigenvalue weighted by molar-refractivity contribution is 5.01. The van der Waals surface area contributed by atoms with Crippen LogP contribution < -0.4 is 0 Å². The SMILES string of the molecule is COC[C@H]1O[C@H](OC[C@H]2O[C@H](OC[C@H]3O[C@H](OC[C@H]4O[C@H](OC[C@H]5O[C@H](OC[C@H]6O[C@H](OC[C@H]7OC(OC)[C@H](OC)[C@@H](OC)[C@@H]7OC)[C@H](OC)[C@@H](OC)[C@@H]6OC)[C@H](OC)[C@@H](OC)[C@@H]5OC)[C@H](OC)[C@@H](OC)[C@@H]4OC)[C@H](OC)[C@@H](OC)[C@@H]3OC)[C@H](OC)[C@@H](OC)[C@@H]2OC)[C@H](OC)[C@@H](OC)[C@@H]1OC. The van der Waals surface area contributed by atoms with Gasteiger partial charge in [-0.25, -0.2) is 0 Å². The molecule has 101 heavy (non-hydrogen) atoms. The maximum absolute atomic E-state index is 6.77. The zero-order valence-corrected chi connectivity index (χ0v) is 62.9. The molecule has 0 aromatic carbocycles. The number of hydrogen-bond donors (Lipinski definition) is 0. The molecular weight excluding hydrogens is 1360 g/mol. The average molecular weight is 1480 g/mol. The molecule has 0 N–H and O–H groups in total. The van der Waals surface area contributed by atoms with Crippen molar-refractivity contribution in [1.29, 1.82) is 0 Å². The molecule has 0 amide bonds. The number of ether oxygens (including phenoxy) is 36. The van der Waals surface area contributed by atoms with E-state index in [-0.39, 0.29) is 46.2 Å². The summed E-state index contributed by atoms with van der Waals surface area (Å²) in [6.45, 7) is -0.543. The van der Waals surface area contributed by atoms with Crippen molar-refractivity contribution in [3.63, 3.8) is 0 Å². The Labute approximate surface area is 593 Å². The van der Waals surface area contributed by atoms with Gasteiger partial charge in [-0.05, 0) is 0 Å². The van der Waals surface area contributed by atoms with Gasteiger partial charge in [0.15, 0.2) is 44.0 Å². The molecule has 7 aliphatic heterocycles. The Bertz CT molecular complexity index is 2230. The van der Waals surface area contributed by atoms with Gasteiger partial charge in [-0.3, -0.25) is 0 Å². The lowest BCUT2D eigenvalue weighted by Gasteiger charge is -2.48. The van der Waals surface area contributed by atoms with Crippen molar-refractivity contribution in [2.24, 2.45) is 0 Å². The molecule has 36 heteroatoms. The van der Waals surface area contributed by atoms with Crippen molar-refractivity contribution in [1.82, 2.24) is 0 Å². The molecule has 0 radical (unpaired) electrons. The number of rotatable bonds is 42. The van der Waals surface area contributed by atoms with Gasteiger partial charge >= 0.3 is 0 Å². The van der Waals surface area contributed by atoms with Crippen LogP contribution >= 0.6 is 0 Å². The predicted molar refractivity (Wildman–Crippen MR) is 342 cm³/mol. The maximum atomic E-state index is 6.77. The summed E-state index contributed by atoms with van der Waals surface area (Å²) in [7, 11) is 35.3. The van der Waals surface area contributed by atoms with Crippen LogP contribution in [0, 0.1) is 0 Å². The Morgan fingerprint density at radius 2 is 0.267 bits per heavy atom. The molecule has 7 saturated heterocycles. The van der Waals surface area contributed by atoms with Crippen molar-refractivity contribution in [2.45, 2.75) is 215 Å². The van der Waals surface area contributed by atoms with E-state index >= 15 is 0 Å². The van der Waals surface area contributed by atoms with Crippen LogP contribution in [0.3, 0.4) is 0 Å². The summed E-state index contributed by atoms with van der Waals surface area (Å²) in [4.78, 5) is 0. The zero-order chi connectivity index (χ0) is 73.6. The second-order valence-corrected chi connectivity index (χ2v) is 24.7. The lowest BCUT2D eigenvalue weighted by atomic mass is 9.96. The van der Waals surface area contributed by atoms with Crippen LogP contribution in [0.1, 0.15) is 0 Å². The number of methoxy groups -OCH3 is 23. The van der Waals surface area contributed by atoms with Crippen LogP contribution in [0.4, 0.5) is 0 Å². The van der Waals surface area contributed by atoms with E-state index in [1.807, 2.05) is 0 Å². The Balaban J connectivity index is 1.05. The van der Waals surface area contributed by atoms with Gasteiger partial charge in [0, 0.05) is 164 Å². The molecule has 7 aliphatic rings. The molecular formula is C65H118O36. The molecule has 7 rings (SSSR count). The van der Waals surface area contributed by atoms with E-state index in [1.165, 1.54) is 107 Å². The minimum Gasteiger partial charge on any atom is -0.382 e. The zero-order valence-electron chi connectivity index (χ0n) is 62.9. The monoisotopic (exact) mass is 1470 g/mol. The lowest BCUT2D eigenvalue weighted by molar-refractivity contribution is -0.361. The van der Waals surface area contributed by atoms with E-state index < -0.39 is 215 Å². The molecule has 0 bridgehead atoms. The first kappa shape index (κ1) is 86.8. The standard InChI is InChI=1S/C65H118O36/c1-66-24-31-38(67-2)46(75-10)53(82-17)60(96-31)90-26-33-40(69-4)48(77-12)55(84-19)62(98-33)92-28-35-42(71-6)50(79-14)57(86-21)64(100-35)94-30-37-44(73-8)51(80-15)58(87-22)65(101-37)93-29-36-43(72-7)49(78-13)56(85-20)63(99-36)91-27-34-41(70-5)47(76-11)54(83-18)61(97-34)89-25-32-39(68-3)45(74-9)52(81-16)59(88-23)95-32/h31-65H,24-30H2,1-23H3/t31-,32-,33-,34-,35-,36-,37-,38-,39-,40-,41-,42-,43-,44-,45+,46+,47+,48+,49+,50+,51+,52-,53-,54-,55-,56-,57-,58-,59?,60+,61+,62+,63+,64+,65+/m1/s1. The Morgan fingerprint density at radius 1 is 0.139 bits per heavy atom. The summed E-state index contributed by atoms with van der Waals surface area (Å²) in [5.74, 6) is 0. The summed E-state index contributed by atoms with van der Waals surface area (Å²) in [5.41, 5.74) is 0. The predicted octanol–water partition coefficient (Wildman–Crippen LogP) is -1.23. The molecule has 1 unspecified atom stereocenters. The smallest absolute Gasteiger partial charge is 0.187 e. The summed E-state index contributed by atoms with van der Waals surface area (Å²) in [6, 6.07) is 0. The molecule has 36 nitrogen and oxygen atoms in total. The summed E-state index contributed by atoms with van der Waals surface area (Å²) in [6.07, 6.45) is -28.1. The first-order valence-electron chi connectivity index (χ1n) is 33.5. The highest BCUT2D eigenvalue weighted by Gasteiger charge is 2.57. The third-order valence-corrected chi connectivity index (χ3v) is 20.0. The minimum absolute atomic E-state index is 0.0441. The lowest BCUT2D eigenvalue weighted by Crippen LogP contribution is -2.65. The second kappa shape index (κ2) is 43.7. The molecule has 0 saturated carbocycles. The fourth-order valence-electron chi connectivity index (χ4n) is 15.0. The van der Waals surface area contributed by atoms with E-state index in [0.717, 1.165) is 0 Å². The Hall–Kier alpha value is -1.44. The third kappa shape index (κ3) is 19.8. The second-order valence-electron chi connectivity index (χ2n) is 24.7. The molecule has 0 aromatic rings. The van der Waals surface area contributed by atoms with Crippen LogP contribution in [0.2, 0.25) is 0 Å². The molecule has 7 heterocycles. The average Bonchev–Trinajstić information content (AvgIpc) is 0.786. The van der Waals surface area contributed by atoms with Crippen molar-refractivity contribution in [2.75, 3.05) is 210 Å². The first-order chi connectivity index (χ1) is 49.1. The molecule has 0 aliphatic carbocycles. The molecule has 594 valence electrons. The van der Waals surface area contributed by atoms with Crippen LogP contribution in [0.5, 0.6) is 0 Å². The maximum Gasteiger partial charge on any atom is 0.187 e. The molecule has 0 aromatic heterocycles. The Kier molecular flexibility index (Phi) is 37.5. The van der Waals surface area contributed by atoms with Crippen LogP contribution in [-0.4, -0.2) is 425 Å². The highest BCUT2D eigenvalue weighted by atomic mass is 16.8. The van der Waals surface area contributed by atoms with E-state index in [9.17, 15) is 0 Å². The van der Waals surface area contributed by atoms with Crippen molar-refractivity contribution in [3.05, 3.63) is 0 Å². The van der Waals surface area contributed by atoms with Gasteiger partial charge < -0.3 is 171 Å². The first-order valence-corrected chi connectivity index (χ1v) is 33.5. The van der Waals surface area contributed by atoms with Gasteiger partial charge in [0.05, 0.1) is 46.2 Å². The third-order valence-electron chi connectivity index (χ3n) is 20.0. The quantitative estimate of drug-likeness (QED) is 0.0690. The van der Waals surface area contributed by atoms with Gasteiger partial charge in [-0.15, -0.1) is 0 Å². The van der Waals surface area contributed by atoms with E-state index in [1.54, 1.807) is 56.9 Å². The molecule has 0 spiro atoms. The van der Waals surface area contributed by atoms with Crippen molar-refractivity contribution in [3.8, 4) is 0 Å². The summed E-state index contributed by atoms with van der Waals surface area (Å²) in [5, 5.41) is 0. The van der Waals surface area contributed by atoms with Gasteiger partial charge in [-0.1, -0.05) is 0 Å². The normalized spacial score (nSPS) is 44.0. The van der Waals surface area contributed by atoms with Crippen LogP contribution in [0.25, 0.3) is 0 Å². The topological polar surface area (TPSA) is 332 Å². The summed E-state index contributed by atoms with van der Waals surface area (Å²) < 4.78 is 223. The van der Waals surface area contributed by atoms with E-state index in [4.69, 9.17) is 171 Å². The highest BCUT2D eigenvalue weighted by Crippen LogP contribution is 2.38.